The van der Waals surface area contributed by atoms with E-state index in [0.717, 1.165) is 44.9 Å². The van der Waals surface area contributed by atoms with E-state index in [1.54, 1.807) is 20.8 Å². The van der Waals surface area contributed by atoms with Crippen molar-refractivity contribution in [1.82, 2.24) is 9.97 Å². The van der Waals surface area contributed by atoms with Crippen LogP contribution in [0.3, 0.4) is 0 Å². The predicted octanol–water partition coefficient (Wildman–Crippen LogP) is 5.65. The van der Waals surface area contributed by atoms with Crippen LogP contribution in [0.15, 0.2) is 36.7 Å². The van der Waals surface area contributed by atoms with Gasteiger partial charge >= 0.3 is 12.4 Å². The molecule has 12 nitrogen and oxygen atoms in total. The van der Waals surface area contributed by atoms with Crippen molar-refractivity contribution in [1.29, 1.82) is 0 Å². The van der Waals surface area contributed by atoms with E-state index in [1.807, 2.05) is 0 Å². The minimum absolute atomic E-state index is 0.153. The first-order valence-corrected chi connectivity index (χ1v) is 19.0. The number of nitrogens with one attached hydrogen (secondary N) is 2. The topological polar surface area (TPSA) is 179 Å². The zero-order valence-electron chi connectivity index (χ0n) is 29.5. The number of amides is 2. The summed E-state index contributed by atoms with van der Waals surface area (Å²) in [5, 5.41) is 4.44. The van der Waals surface area contributed by atoms with Crippen molar-refractivity contribution in [2.24, 2.45) is 5.41 Å². The SMILES string of the molecule is CC(C)(C(=O)Nc1ccc(C(F)(F)F)cn1)S(=O)(=O)CC1CCCCO1.CC(C)(C)C(=O)CS(=O)(=O)C(C)(C)C(=O)Nc1ccc(C(F)(F)F)cn1. The number of carbonyl (C=O) groups excluding carboxylic acids is 3. The average molecular weight is 789 g/mol. The second-order valence-corrected chi connectivity index (χ2v) is 19.1. The highest BCUT2D eigenvalue weighted by molar-refractivity contribution is 7.94. The monoisotopic (exact) mass is 788 g/mol. The highest BCUT2D eigenvalue weighted by atomic mass is 32.2. The minimum Gasteiger partial charge on any atom is -0.377 e. The van der Waals surface area contributed by atoms with E-state index in [9.17, 15) is 57.6 Å². The number of hydrogen-bond acceptors (Lipinski definition) is 10. The van der Waals surface area contributed by atoms with Gasteiger partial charge in [-0.2, -0.15) is 26.3 Å². The fourth-order valence-electron chi connectivity index (χ4n) is 4.05. The molecule has 1 aliphatic rings. The lowest BCUT2D eigenvalue weighted by molar-refractivity contribution is -0.138. The maximum Gasteiger partial charge on any atom is 0.417 e. The molecule has 3 rings (SSSR count). The molecule has 0 radical (unpaired) electrons. The number of Topliss-reactive ketones (excluding diaryl/α,β-unsaturated/α-hetero) is 1. The van der Waals surface area contributed by atoms with Crippen molar-refractivity contribution in [3.8, 4) is 0 Å². The number of pyridine rings is 2. The number of alkyl halides is 6. The lowest BCUT2D eigenvalue weighted by atomic mass is 9.92. The highest BCUT2D eigenvalue weighted by Crippen LogP contribution is 2.31. The van der Waals surface area contributed by atoms with E-state index in [2.05, 4.69) is 20.6 Å². The van der Waals surface area contributed by atoms with Crippen LogP contribution in [0.5, 0.6) is 0 Å². The third-order valence-electron chi connectivity index (χ3n) is 8.15. The molecule has 1 fully saturated rings. The van der Waals surface area contributed by atoms with Gasteiger partial charge in [-0.15, -0.1) is 0 Å². The summed E-state index contributed by atoms with van der Waals surface area (Å²) in [5.74, 6) is -3.89. The van der Waals surface area contributed by atoms with E-state index in [-0.39, 0.29) is 17.4 Å². The Morgan fingerprint density at radius 1 is 0.712 bits per heavy atom. The van der Waals surface area contributed by atoms with Crippen molar-refractivity contribution >= 4 is 48.9 Å². The molecular weight excluding hydrogens is 746 g/mol. The molecule has 0 saturated carbocycles. The van der Waals surface area contributed by atoms with E-state index >= 15 is 0 Å². The van der Waals surface area contributed by atoms with Gasteiger partial charge in [0.1, 0.15) is 26.9 Å². The molecule has 0 aromatic carbocycles. The summed E-state index contributed by atoms with van der Waals surface area (Å²) >= 11 is 0. The first kappa shape index (κ1) is 44.5. The summed E-state index contributed by atoms with van der Waals surface area (Å²) in [4.78, 5) is 43.7. The largest absolute Gasteiger partial charge is 0.417 e. The van der Waals surface area contributed by atoms with Gasteiger partial charge in [-0.1, -0.05) is 20.8 Å². The summed E-state index contributed by atoms with van der Waals surface area (Å²) in [6.45, 7) is 9.92. The van der Waals surface area contributed by atoms with Crippen LogP contribution < -0.4 is 10.6 Å². The molecule has 52 heavy (non-hydrogen) atoms. The van der Waals surface area contributed by atoms with Crippen molar-refractivity contribution in [3.05, 3.63) is 47.8 Å². The number of rotatable bonds is 10. The molecule has 1 saturated heterocycles. The van der Waals surface area contributed by atoms with Crippen molar-refractivity contribution in [3.63, 3.8) is 0 Å². The van der Waals surface area contributed by atoms with Gasteiger partial charge in [0, 0.05) is 24.4 Å². The number of ether oxygens (including phenoxy) is 1. The van der Waals surface area contributed by atoms with Gasteiger partial charge in [-0.05, 0) is 71.2 Å². The standard InChI is InChI=1S/2C16H21F3N2O4S/c1-15(2,26(23,24)10-12-5-3-4-8-25-12)14(22)21-13-7-6-11(9-20-13)16(17,18)19;1-14(2,3)11(22)9-26(24,25)15(4,5)13(23)21-12-7-6-10(8-20-12)16(17,18)19/h6-7,9,12H,3-5,8,10H2,1-2H3,(H,20,21,22);6-8H,9H2,1-5H3,(H,20,21,23). The van der Waals surface area contributed by atoms with Gasteiger partial charge in [0.05, 0.1) is 23.0 Å². The third kappa shape index (κ3) is 11.7. The molecule has 1 atom stereocenters. The first-order chi connectivity index (χ1) is 23.4. The fourth-order valence-corrected chi connectivity index (χ4v) is 7.02. The van der Waals surface area contributed by atoms with Gasteiger partial charge in [-0.3, -0.25) is 14.4 Å². The Morgan fingerprint density at radius 3 is 1.46 bits per heavy atom. The van der Waals surface area contributed by atoms with Crippen LogP contribution in [0.4, 0.5) is 38.0 Å². The molecule has 292 valence electrons. The molecule has 2 aromatic rings. The number of nitrogens with zero attached hydrogens (tertiary/aromatic N) is 2. The van der Waals surface area contributed by atoms with Gasteiger partial charge in [0.25, 0.3) is 0 Å². The van der Waals surface area contributed by atoms with Crippen LogP contribution in [0.25, 0.3) is 0 Å². The van der Waals surface area contributed by atoms with Crippen LogP contribution in [0.1, 0.15) is 78.9 Å². The number of hydrogen-bond donors (Lipinski definition) is 2. The molecule has 2 amide bonds. The molecule has 0 spiro atoms. The summed E-state index contributed by atoms with van der Waals surface area (Å²) in [6, 6.07) is 3.38. The van der Waals surface area contributed by atoms with Gasteiger partial charge in [-0.25, -0.2) is 26.8 Å². The smallest absolute Gasteiger partial charge is 0.377 e. The maximum absolute atomic E-state index is 12.6. The number of carbonyl (C=O) groups is 3. The van der Waals surface area contributed by atoms with E-state index in [1.165, 1.54) is 13.8 Å². The van der Waals surface area contributed by atoms with Crippen LogP contribution in [0, 0.1) is 5.41 Å². The summed E-state index contributed by atoms with van der Waals surface area (Å²) in [5.41, 5.74) is -2.86. The second kappa shape index (κ2) is 16.2. The van der Waals surface area contributed by atoms with Crippen LogP contribution in [0.2, 0.25) is 0 Å². The Balaban J connectivity index is 0.000000360. The molecule has 3 heterocycles. The molecular formula is C32H42F6N4O8S2. The number of anilines is 2. The van der Waals surface area contributed by atoms with E-state index < -0.39 is 87.5 Å². The van der Waals surface area contributed by atoms with Gasteiger partial charge in [0.2, 0.25) is 11.8 Å². The van der Waals surface area contributed by atoms with E-state index in [0.29, 0.717) is 31.5 Å². The second-order valence-electron chi connectivity index (χ2n) is 14.0. The first-order valence-electron chi connectivity index (χ1n) is 15.7. The molecule has 2 N–H and O–H groups in total. The Hall–Kier alpha value is -3.65. The lowest BCUT2D eigenvalue weighted by Gasteiger charge is -2.28. The normalized spacial score (nSPS) is 16.3. The van der Waals surface area contributed by atoms with E-state index in [4.69, 9.17) is 4.74 Å². The summed E-state index contributed by atoms with van der Waals surface area (Å²) < 4.78 is 127. The predicted molar refractivity (Wildman–Crippen MR) is 180 cm³/mol. The molecule has 0 aliphatic carbocycles. The molecule has 1 unspecified atom stereocenters. The zero-order chi connectivity index (χ0) is 40.1. The quantitative estimate of drug-likeness (QED) is 0.286. The fraction of sp³-hybridized carbons (Fsp3) is 0.594. The summed E-state index contributed by atoms with van der Waals surface area (Å²) in [7, 11) is -8.02. The number of aromatic nitrogens is 2. The molecule has 1 aliphatic heterocycles. The number of ketones is 1. The maximum atomic E-state index is 12.6. The molecule has 0 bridgehead atoms. The number of sulfone groups is 2. The van der Waals surface area contributed by atoms with Crippen LogP contribution in [-0.4, -0.2) is 78.1 Å². The van der Waals surface area contributed by atoms with Crippen LogP contribution >= 0.6 is 0 Å². The van der Waals surface area contributed by atoms with Crippen molar-refractivity contribution in [2.75, 3.05) is 28.7 Å². The number of halogens is 6. The zero-order valence-corrected chi connectivity index (χ0v) is 31.2. The summed E-state index contributed by atoms with van der Waals surface area (Å²) in [6.07, 6.45) is -6.12. The van der Waals surface area contributed by atoms with Gasteiger partial charge < -0.3 is 15.4 Å². The Morgan fingerprint density at radius 2 is 1.13 bits per heavy atom. The Labute approximate surface area is 298 Å². The van der Waals surface area contributed by atoms with Gasteiger partial charge in [0.15, 0.2) is 25.5 Å². The van der Waals surface area contributed by atoms with Crippen molar-refractivity contribution < 1.29 is 62.3 Å². The Bertz CT molecular complexity index is 1800. The minimum atomic E-state index is -4.58. The average Bonchev–Trinajstić information content (AvgIpc) is 3.00. The molecule has 2 aromatic heterocycles. The third-order valence-corrected chi connectivity index (χ3v) is 13.1. The van der Waals surface area contributed by atoms with Crippen molar-refractivity contribution in [2.45, 2.75) is 95.7 Å². The lowest BCUT2D eigenvalue weighted by Crippen LogP contribution is -2.48. The molecule has 20 heteroatoms. The van der Waals surface area contributed by atoms with Crippen LogP contribution in [-0.2, 0) is 51.1 Å². The highest BCUT2D eigenvalue weighted by Gasteiger charge is 2.45. The Kier molecular flexibility index (Phi) is 13.8.